The fourth-order valence-electron chi connectivity index (χ4n) is 1.40. The number of rotatable bonds is 3. The fourth-order valence-corrected chi connectivity index (χ4v) is 2.83. The van der Waals surface area contributed by atoms with Crippen LogP contribution in [0.25, 0.3) is 0 Å². The van der Waals surface area contributed by atoms with Crippen LogP contribution >= 0.6 is 11.6 Å². The lowest BCUT2D eigenvalue weighted by molar-refractivity contribution is 0.598. The normalized spacial score (nSPS) is 11.3. The lowest BCUT2D eigenvalue weighted by Crippen LogP contribution is -2.16. The molecule has 0 saturated heterocycles. The van der Waals surface area contributed by atoms with Gasteiger partial charge >= 0.3 is 0 Å². The minimum Gasteiger partial charge on any atom is -0.398 e. The van der Waals surface area contributed by atoms with E-state index in [1.807, 2.05) is 0 Å². The number of sulfonamides is 1. The number of pyridine rings is 1. The van der Waals surface area contributed by atoms with Crippen molar-refractivity contribution in [2.24, 2.45) is 0 Å². The number of nitrogens with two attached hydrogens (primary N) is 1. The van der Waals surface area contributed by atoms with Crippen LogP contribution in [0.1, 0.15) is 0 Å². The summed E-state index contributed by atoms with van der Waals surface area (Å²) in [5, 5.41) is -0.0500. The first-order valence-corrected chi connectivity index (χ1v) is 6.94. The number of anilines is 2. The number of aromatic nitrogens is 1. The second-order valence-electron chi connectivity index (χ2n) is 3.62. The molecule has 0 unspecified atom stereocenters. The minimum atomic E-state index is -4.05. The lowest BCUT2D eigenvalue weighted by atomic mass is 10.3. The molecule has 0 spiro atoms. The number of nitrogens with zero attached hydrogens (tertiary/aromatic N) is 1. The van der Waals surface area contributed by atoms with E-state index in [1.165, 1.54) is 24.4 Å². The second kappa shape index (κ2) is 5.02. The van der Waals surface area contributed by atoms with Crippen molar-refractivity contribution in [3.8, 4) is 0 Å². The molecule has 3 N–H and O–H groups in total. The molecule has 0 bridgehead atoms. The summed E-state index contributed by atoms with van der Waals surface area (Å²) in [5.41, 5.74) is 5.23. The molecule has 1 heterocycles. The Kier molecular flexibility index (Phi) is 3.59. The van der Waals surface area contributed by atoms with Gasteiger partial charge in [-0.05, 0) is 18.2 Å². The highest BCUT2D eigenvalue weighted by Gasteiger charge is 2.20. The predicted octanol–water partition coefficient (Wildman–Crippen LogP) is 2.26. The highest BCUT2D eigenvalue weighted by Crippen LogP contribution is 2.28. The molecule has 0 saturated carbocycles. The number of nitrogens with one attached hydrogen (secondary N) is 1. The Bertz CT molecular complexity index is 701. The van der Waals surface area contributed by atoms with E-state index < -0.39 is 15.8 Å². The summed E-state index contributed by atoms with van der Waals surface area (Å²) in [4.78, 5) is 3.43. The van der Waals surface area contributed by atoms with Crippen LogP contribution in [-0.4, -0.2) is 13.4 Å². The third-order valence-electron chi connectivity index (χ3n) is 2.31. The van der Waals surface area contributed by atoms with Crippen LogP contribution in [0.3, 0.4) is 0 Å². The van der Waals surface area contributed by atoms with Crippen LogP contribution in [0, 0.1) is 5.82 Å². The summed E-state index contributed by atoms with van der Waals surface area (Å²) in [6.45, 7) is 0. The number of halogens is 2. The molecular formula is C11H9ClFN3O2S. The molecule has 0 radical (unpaired) electrons. The molecule has 100 valence electrons. The van der Waals surface area contributed by atoms with E-state index in [-0.39, 0.29) is 21.3 Å². The maximum Gasteiger partial charge on any atom is 0.265 e. The van der Waals surface area contributed by atoms with Gasteiger partial charge in [0.1, 0.15) is 16.4 Å². The summed E-state index contributed by atoms with van der Waals surface area (Å²) in [6.07, 6.45) is 2.43. The van der Waals surface area contributed by atoms with Crippen molar-refractivity contribution < 1.29 is 12.8 Å². The quantitative estimate of drug-likeness (QED) is 0.910. The third kappa shape index (κ3) is 2.77. The molecule has 2 aromatic rings. The third-order valence-corrected chi connectivity index (χ3v) is 4.01. The number of hydrogen-bond donors (Lipinski definition) is 2. The van der Waals surface area contributed by atoms with Gasteiger partial charge in [0.15, 0.2) is 0 Å². The predicted molar refractivity (Wildman–Crippen MR) is 70.9 cm³/mol. The van der Waals surface area contributed by atoms with Gasteiger partial charge in [0.05, 0.1) is 10.7 Å². The number of para-hydroxylation sites is 1. The monoisotopic (exact) mass is 301 g/mol. The standard InChI is InChI=1S/C11H9ClFN3O2S/c12-7-2-1-3-8(13)11(7)16-19(17,18)10-6-15-5-4-9(10)14/h1-6,16H,(H2,14,15). The SMILES string of the molecule is Nc1ccncc1S(=O)(=O)Nc1c(F)cccc1Cl. The van der Waals surface area contributed by atoms with Gasteiger partial charge in [0.2, 0.25) is 0 Å². The van der Waals surface area contributed by atoms with Crippen molar-refractivity contribution >= 4 is 33.0 Å². The highest BCUT2D eigenvalue weighted by atomic mass is 35.5. The van der Waals surface area contributed by atoms with Crippen molar-refractivity contribution in [1.29, 1.82) is 0 Å². The zero-order valence-corrected chi connectivity index (χ0v) is 11.0. The molecule has 5 nitrogen and oxygen atoms in total. The highest BCUT2D eigenvalue weighted by molar-refractivity contribution is 7.92. The molecular weight excluding hydrogens is 293 g/mol. The van der Waals surface area contributed by atoms with Gasteiger partial charge in [-0.2, -0.15) is 0 Å². The number of benzene rings is 1. The summed E-state index contributed by atoms with van der Waals surface area (Å²) in [7, 11) is -4.05. The van der Waals surface area contributed by atoms with Gasteiger partial charge in [0, 0.05) is 12.4 Å². The zero-order valence-electron chi connectivity index (χ0n) is 9.47. The minimum absolute atomic E-state index is 0.00922. The Labute approximate surface area is 114 Å². The van der Waals surface area contributed by atoms with Crippen LogP contribution in [-0.2, 0) is 10.0 Å². The largest absolute Gasteiger partial charge is 0.398 e. The van der Waals surface area contributed by atoms with Crippen molar-refractivity contribution in [3.05, 3.63) is 47.5 Å². The molecule has 0 atom stereocenters. The molecule has 1 aromatic heterocycles. The van der Waals surface area contributed by atoms with E-state index in [4.69, 9.17) is 17.3 Å². The van der Waals surface area contributed by atoms with E-state index in [0.717, 1.165) is 12.3 Å². The Morgan fingerprint density at radius 3 is 2.68 bits per heavy atom. The maximum atomic E-state index is 13.5. The molecule has 0 amide bonds. The zero-order chi connectivity index (χ0) is 14.0. The van der Waals surface area contributed by atoms with Gasteiger partial charge in [-0.15, -0.1) is 0 Å². The molecule has 2 rings (SSSR count). The first kappa shape index (κ1) is 13.6. The number of nitrogen functional groups attached to an aromatic ring is 1. The second-order valence-corrected chi connectivity index (χ2v) is 5.67. The van der Waals surface area contributed by atoms with Crippen molar-refractivity contribution in [2.45, 2.75) is 4.90 Å². The van der Waals surface area contributed by atoms with Gasteiger partial charge in [-0.3, -0.25) is 9.71 Å². The number of hydrogen-bond acceptors (Lipinski definition) is 4. The summed E-state index contributed by atoms with van der Waals surface area (Å²) in [6, 6.07) is 5.16. The van der Waals surface area contributed by atoms with Gasteiger partial charge in [-0.25, -0.2) is 12.8 Å². The van der Waals surface area contributed by atoms with Crippen LogP contribution in [0.5, 0.6) is 0 Å². The summed E-state index contributed by atoms with van der Waals surface area (Å²) < 4.78 is 39.7. The Morgan fingerprint density at radius 1 is 1.32 bits per heavy atom. The van der Waals surface area contributed by atoms with Crippen molar-refractivity contribution in [3.63, 3.8) is 0 Å². The molecule has 1 aromatic carbocycles. The average molecular weight is 302 g/mol. The Hall–Kier alpha value is -1.86. The summed E-state index contributed by atoms with van der Waals surface area (Å²) in [5.74, 6) is -0.779. The molecule has 8 heteroatoms. The first-order valence-electron chi connectivity index (χ1n) is 5.08. The molecule has 0 aliphatic carbocycles. The smallest absolute Gasteiger partial charge is 0.265 e. The fraction of sp³-hybridized carbons (Fsp3) is 0. The van der Waals surface area contributed by atoms with E-state index in [1.54, 1.807) is 0 Å². The van der Waals surface area contributed by atoms with Gasteiger partial charge < -0.3 is 5.73 Å². The van der Waals surface area contributed by atoms with Gasteiger partial charge in [-0.1, -0.05) is 17.7 Å². The van der Waals surface area contributed by atoms with Crippen LogP contribution in [0.4, 0.5) is 15.8 Å². The molecule has 0 fully saturated rings. The Morgan fingerprint density at radius 2 is 2.05 bits per heavy atom. The van der Waals surface area contributed by atoms with Gasteiger partial charge in [0.25, 0.3) is 10.0 Å². The molecule has 0 aliphatic heterocycles. The van der Waals surface area contributed by atoms with Crippen LogP contribution in [0.2, 0.25) is 5.02 Å². The van der Waals surface area contributed by atoms with Crippen LogP contribution in [0.15, 0.2) is 41.6 Å². The topological polar surface area (TPSA) is 85.1 Å². The average Bonchev–Trinajstić information content (AvgIpc) is 2.34. The van der Waals surface area contributed by atoms with E-state index >= 15 is 0 Å². The summed E-state index contributed by atoms with van der Waals surface area (Å²) >= 11 is 5.75. The van der Waals surface area contributed by atoms with E-state index in [2.05, 4.69) is 9.71 Å². The van der Waals surface area contributed by atoms with Crippen molar-refractivity contribution in [1.82, 2.24) is 4.98 Å². The van der Waals surface area contributed by atoms with Crippen LogP contribution < -0.4 is 10.5 Å². The molecule has 19 heavy (non-hydrogen) atoms. The van der Waals surface area contributed by atoms with Crippen molar-refractivity contribution in [2.75, 3.05) is 10.5 Å². The first-order chi connectivity index (χ1) is 8.92. The van der Waals surface area contributed by atoms with E-state index in [9.17, 15) is 12.8 Å². The Balaban J connectivity index is 2.46. The maximum absolute atomic E-state index is 13.5. The van der Waals surface area contributed by atoms with E-state index in [0.29, 0.717) is 0 Å². The molecule has 0 aliphatic rings. The lowest BCUT2D eigenvalue weighted by Gasteiger charge is -2.11.